The molecule has 10 heteroatoms. The molecule has 0 saturated carbocycles. The summed E-state index contributed by atoms with van der Waals surface area (Å²) in [5.41, 5.74) is 1.44. The third-order valence-electron chi connectivity index (χ3n) is 6.10. The zero-order chi connectivity index (χ0) is 23.6. The van der Waals surface area contributed by atoms with Crippen LogP contribution < -0.4 is 0 Å². The van der Waals surface area contributed by atoms with Crippen molar-refractivity contribution in [2.75, 3.05) is 46.9 Å². The molecule has 0 bridgehead atoms. The Morgan fingerprint density at radius 1 is 1.18 bits per heavy atom. The maximum Gasteiger partial charge on any atom is 0.275 e. The van der Waals surface area contributed by atoms with Crippen LogP contribution in [-0.2, 0) is 15.0 Å². The van der Waals surface area contributed by atoms with Crippen molar-refractivity contribution < 1.29 is 17.6 Å². The number of hydrogen-bond donors (Lipinski definition) is 0. The lowest BCUT2D eigenvalue weighted by atomic mass is 10.1. The van der Waals surface area contributed by atoms with Gasteiger partial charge in [-0.2, -0.15) is 12.9 Å². The lowest BCUT2D eigenvalue weighted by Gasteiger charge is -2.33. The number of likely N-dealkylation sites (N-methyl/N-ethyl adjacent to an activating group) is 1. The Balaban J connectivity index is 1.49. The molecule has 0 aromatic heterocycles. The molecule has 178 valence electrons. The van der Waals surface area contributed by atoms with Crippen molar-refractivity contribution in [2.45, 2.75) is 18.6 Å². The highest BCUT2D eigenvalue weighted by Gasteiger charge is 2.31. The quantitative estimate of drug-likeness (QED) is 0.587. The molecule has 4 rings (SSSR count). The van der Waals surface area contributed by atoms with E-state index in [2.05, 4.69) is 4.36 Å². The summed E-state index contributed by atoms with van der Waals surface area (Å²) in [6, 6.07) is 14.3. The minimum Gasteiger partial charge on any atom is -0.370 e. The molecule has 2 aromatic carbocycles. The fourth-order valence-electron chi connectivity index (χ4n) is 4.13. The zero-order valence-electron chi connectivity index (χ0n) is 18.7. The highest BCUT2D eigenvalue weighted by atomic mass is 35.5. The van der Waals surface area contributed by atoms with Crippen LogP contribution in [-0.4, -0.2) is 77.1 Å². The van der Waals surface area contributed by atoms with E-state index in [0.717, 1.165) is 12.0 Å². The molecule has 0 aliphatic carbocycles. The smallest absolute Gasteiger partial charge is 0.275 e. The van der Waals surface area contributed by atoms with Crippen LogP contribution in [0.4, 0.5) is 9.57 Å². The topological polar surface area (TPSA) is 65.5 Å². The monoisotopic (exact) mass is 494 g/mol. The predicted molar refractivity (Wildman–Crippen MR) is 127 cm³/mol. The van der Waals surface area contributed by atoms with Crippen molar-refractivity contribution in [1.29, 1.82) is 0 Å². The molecule has 7 nitrogen and oxygen atoms in total. The Bertz CT molecular complexity index is 1120. The molecule has 1 amide bonds. The van der Waals surface area contributed by atoms with Gasteiger partial charge in [0, 0.05) is 25.7 Å². The Hall–Kier alpha value is -2.04. The van der Waals surface area contributed by atoms with Crippen molar-refractivity contribution >= 4 is 33.5 Å². The van der Waals surface area contributed by atoms with Crippen molar-refractivity contribution in [2.24, 2.45) is 4.36 Å². The maximum atomic E-state index is 14.9. The first-order valence-electron chi connectivity index (χ1n) is 10.9. The number of rotatable bonds is 5. The molecule has 0 unspecified atom stereocenters. The number of morpholine rings is 1. The van der Waals surface area contributed by atoms with E-state index in [4.69, 9.17) is 16.3 Å². The van der Waals surface area contributed by atoms with Gasteiger partial charge < -0.3 is 14.5 Å². The largest absolute Gasteiger partial charge is 0.370 e. The van der Waals surface area contributed by atoms with E-state index < -0.39 is 10.3 Å². The fourth-order valence-corrected chi connectivity index (χ4v) is 5.56. The lowest BCUT2D eigenvalue weighted by molar-refractivity contribution is -0.0228. The van der Waals surface area contributed by atoms with Crippen LogP contribution in [0.5, 0.6) is 0 Å². The van der Waals surface area contributed by atoms with Crippen LogP contribution >= 0.6 is 11.6 Å². The van der Waals surface area contributed by atoms with Crippen LogP contribution in [0, 0.1) is 0 Å². The lowest BCUT2D eigenvalue weighted by Crippen LogP contribution is -2.42. The number of carbonyl (C=O) groups excluding carboxylic acids is 1. The third kappa shape index (κ3) is 5.55. The highest BCUT2D eigenvalue weighted by molar-refractivity contribution is 7.86. The van der Waals surface area contributed by atoms with Gasteiger partial charge in [-0.15, -0.1) is 3.89 Å². The number of ether oxygens (including phenoxy) is 1. The predicted octanol–water partition coefficient (Wildman–Crippen LogP) is 4.09. The molecule has 2 aliphatic heterocycles. The molecule has 0 N–H and O–H groups in total. The Morgan fingerprint density at radius 2 is 1.94 bits per heavy atom. The SMILES string of the molecule is CN(C)[C@H]1CCN([S@@](=O)(F)=Nc2ccc(C(=O)N3CCO[C@@H](c4ccccc4)C3)c(Cl)c2)C1. The number of nitrogens with zero attached hydrogens (tertiary/aromatic N) is 4. The van der Waals surface area contributed by atoms with Gasteiger partial charge >= 0.3 is 0 Å². The van der Waals surface area contributed by atoms with Gasteiger partial charge in [0.15, 0.2) is 0 Å². The van der Waals surface area contributed by atoms with Crippen molar-refractivity contribution in [3.63, 3.8) is 0 Å². The standard InChI is InChI=1S/C23H28ClFN4O3S/c1-27(2)19-10-11-29(15-19)33(25,31)26-18-8-9-20(21(24)14-18)23(30)28-12-13-32-22(16-28)17-6-4-3-5-7-17/h3-9,14,19,22H,10-13,15-16H2,1-2H3/t19-,22+,33+/m0/s1. The van der Waals surface area contributed by atoms with Gasteiger partial charge in [-0.25, -0.2) is 0 Å². The third-order valence-corrected chi connectivity index (χ3v) is 7.82. The summed E-state index contributed by atoms with van der Waals surface area (Å²) in [6.45, 7) is 1.99. The molecule has 2 saturated heterocycles. The molecule has 0 radical (unpaired) electrons. The van der Waals surface area contributed by atoms with Crippen LogP contribution in [0.1, 0.15) is 28.4 Å². The normalized spacial score (nSPS) is 23.5. The molecule has 2 aromatic rings. The second-order valence-corrected chi connectivity index (χ2v) is 10.5. The van der Waals surface area contributed by atoms with E-state index in [-0.39, 0.29) is 28.8 Å². The average molecular weight is 495 g/mol. The molecular formula is C23H28ClFN4O3S. The number of hydrogen-bond acceptors (Lipinski definition) is 5. The molecule has 0 spiro atoms. The Morgan fingerprint density at radius 3 is 2.61 bits per heavy atom. The zero-order valence-corrected chi connectivity index (χ0v) is 20.3. The van der Waals surface area contributed by atoms with Crippen LogP contribution in [0.2, 0.25) is 5.02 Å². The first kappa shape index (κ1) is 24.1. The van der Waals surface area contributed by atoms with Gasteiger partial charge in [-0.1, -0.05) is 41.9 Å². The highest BCUT2D eigenvalue weighted by Crippen LogP contribution is 2.29. The Labute approximate surface area is 199 Å². The van der Waals surface area contributed by atoms with Gasteiger partial charge in [0.25, 0.3) is 16.2 Å². The number of carbonyl (C=O) groups is 1. The van der Waals surface area contributed by atoms with Crippen LogP contribution in [0.15, 0.2) is 52.9 Å². The van der Waals surface area contributed by atoms with Crippen molar-refractivity contribution in [3.05, 3.63) is 64.7 Å². The number of amides is 1. The fraction of sp³-hybridized carbons (Fsp3) is 0.435. The first-order chi connectivity index (χ1) is 15.7. The summed E-state index contributed by atoms with van der Waals surface area (Å²) >= 11 is 6.38. The average Bonchev–Trinajstić information content (AvgIpc) is 3.31. The summed E-state index contributed by atoms with van der Waals surface area (Å²) < 4.78 is 38.5. The summed E-state index contributed by atoms with van der Waals surface area (Å²) in [5, 5.41) is 0.145. The molecular weight excluding hydrogens is 467 g/mol. The van der Waals surface area contributed by atoms with E-state index in [9.17, 15) is 12.9 Å². The van der Waals surface area contributed by atoms with Crippen LogP contribution in [0.3, 0.4) is 0 Å². The second-order valence-electron chi connectivity index (χ2n) is 8.50. The summed E-state index contributed by atoms with van der Waals surface area (Å²) in [5.74, 6) is -0.231. The van der Waals surface area contributed by atoms with Crippen LogP contribution in [0.25, 0.3) is 0 Å². The molecule has 2 aliphatic rings. The molecule has 2 fully saturated rings. The summed E-state index contributed by atoms with van der Waals surface area (Å²) in [6.07, 6.45) is 0.515. The molecule has 2 heterocycles. The molecule has 33 heavy (non-hydrogen) atoms. The molecule has 3 atom stereocenters. The summed E-state index contributed by atoms with van der Waals surface area (Å²) in [7, 11) is -0.248. The van der Waals surface area contributed by atoms with E-state index in [1.165, 1.54) is 22.5 Å². The van der Waals surface area contributed by atoms with E-state index in [1.807, 2.05) is 49.3 Å². The van der Waals surface area contributed by atoms with Gasteiger partial charge in [0.2, 0.25) is 0 Å². The van der Waals surface area contributed by atoms with Gasteiger partial charge in [0.05, 0.1) is 29.4 Å². The Kier molecular flexibility index (Phi) is 7.35. The first-order valence-corrected chi connectivity index (χ1v) is 12.6. The van der Waals surface area contributed by atoms with Gasteiger partial charge in [0.1, 0.15) is 6.10 Å². The van der Waals surface area contributed by atoms with Gasteiger partial charge in [-0.3, -0.25) is 4.79 Å². The van der Waals surface area contributed by atoms with Crippen molar-refractivity contribution in [1.82, 2.24) is 14.1 Å². The second kappa shape index (κ2) is 10.1. The maximum absolute atomic E-state index is 14.9. The van der Waals surface area contributed by atoms with E-state index in [0.29, 0.717) is 38.3 Å². The van der Waals surface area contributed by atoms with E-state index in [1.54, 1.807) is 4.90 Å². The summed E-state index contributed by atoms with van der Waals surface area (Å²) in [4.78, 5) is 16.8. The van der Waals surface area contributed by atoms with Crippen molar-refractivity contribution in [3.8, 4) is 0 Å². The number of benzene rings is 2. The minimum absolute atomic E-state index is 0.133. The minimum atomic E-state index is -4.08. The van der Waals surface area contributed by atoms with Gasteiger partial charge in [-0.05, 0) is 44.3 Å². The van der Waals surface area contributed by atoms with E-state index >= 15 is 0 Å². The number of halogens is 2.